The number of nitrogens with one attached hydrogen (secondary N) is 1. The molecule has 3 atom stereocenters. The fourth-order valence-electron chi connectivity index (χ4n) is 5.23. The van der Waals surface area contributed by atoms with E-state index in [0.717, 1.165) is 11.1 Å². The number of methoxy groups -OCH3 is 2. The van der Waals surface area contributed by atoms with Gasteiger partial charge in [-0.3, -0.25) is 4.79 Å². The van der Waals surface area contributed by atoms with Crippen LogP contribution >= 0.6 is 0 Å². The summed E-state index contributed by atoms with van der Waals surface area (Å²) in [7, 11) is 2.86. The van der Waals surface area contributed by atoms with Gasteiger partial charge in [0.1, 0.15) is 29.6 Å². The van der Waals surface area contributed by atoms with E-state index in [1.807, 2.05) is 6.07 Å². The molecule has 1 amide bonds. The van der Waals surface area contributed by atoms with Crippen molar-refractivity contribution < 1.29 is 46.8 Å². The number of amides is 1. The van der Waals surface area contributed by atoms with Crippen LogP contribution in [0.1, 0.15) is 52.5 Å². The molecule has 1 N–H and O–H groups in total. The Morgan fingerprint density at radius 2 is 1.75 bits per heavy atom. The average molecular weight is 554 g/mol. The summed E-state index contributed by atoms with van der Waals surface area (Å²) in [5.74, 6) is 0.00771. The standard InChI is InChI=1S/C29H25F2NO8/c1-28(14-37-24-19(28)10-11-21-25(24)40-29(30,31)39-21)27(34)32-20-13-22(15-4-6-16(7-5-15)26(33)36-3)38-23-12-17(35-2)8-9-18(20)23/h4-12,20,22H,13-14H2,1-3H3,(H,32,34)/t20-,22-,28?/m1/s1. The number of halogens is 2. The molecule has 3 aliphatic rings. The fourth-order valence-corrected chi connectivity index (χ4v) is 5.23. The first-order valence-corrected chi connectivity index (χ1v) is 12.5. The van der Waals surface area contributed by atoms with Crippen LogP contribution in [0.4, 0.5) is 8.78 Å². The molecule has 9 nitrogen and oxygen atoms in total. The highest BCUT2D eigenvalue weighted by Gasteiger charge is 2.51. The number of ether oxygens (including phenoxy) is 6. The molecule has 0 fully saturated rings. The predicted octanol–water partition coefficient (Wildman–Crippen LogP) is 4.83. The number of carbonyl (C=O) groups excluding carboxylic acids is 2. The highest BCUT2D eigenvalue weighted by Crippen LogP contribution is 2.54. The summed E-state index contributed by atoms with van der Waals surface area (Å²) in [4.78, 5) is 25.7. The third-order valence-corrected chi connectivity index (χ3v) is 7.45. The van der Waals surface area contributed by atoms with Crippen molar-refractivity contribution in [1.29, 1.82) is 0 Å². The smallest absolute Gasteiger partial charge is 0.497 e. The van der Waals surface area contributed by atoms with Crippen LogP contribution in [0.3, 0.4) is 0 Å². The molecule has 6 rings (SSSR count). The van der Waals surface area contributed by atoms with E-state index in [2.05, 4.69) is 14.8 Å². The third kappa shape index (κ3) is 4.21. The van der Waals surface area contributed by atoms with Crippen LogP contribution in [0.2, 0.25) is 0 Å². The van der Waals surface area contributed by atoms with Crippen molar-refractivity contribution in [2.75, 3.05) is 20.8 Å². The molecule has 3 aromatic rings. The Morgan fingerprint density at radius 3 is 2.48 bits per heavy atom. The summed E-state index contributed by atoms with van der Waals surface area (Å²) in [6.45, 7) is 1.61. The van der Waals surface area contributed by atoms with Crippen LogP contribution < -0.4 is 29.0 Å². The lowest BCUT2D eigenvalue weighted by molar-refractivity contribution is -0.287. The SMILES string of the molecule is COC(=O)c1ccc([C@H]2C[C@@H](NC(=O)C3(C)COc4c3ccc3c4OC(F)(F)O3)c3ccc(OC)cc3O2)cc1. The monoisotopic (exact) mass is 553 g/mol. The molecule has 0 saturated heterocycles. The van der Waals surface area contributed by atoms with Crippen molar-refractivity contribution in [2.24, 2.45) is 0 Å². The summed E-state index contributed by atoms with van der Waals surface area (Å²) < 4.78 is 58.7. The van der Waals surface area contributed by atoms with E-state index < -0.39 is 29.8 Å². The summed E-state index contributed by atoms with van der Waals surface area (Å²) >= 11 is 0. The number of esters is 1. The molecule has 11 heteroatoms. The van der Waals surface area contributed by atoms with E-state index in [-0.39, 0.29) is 29.8 Å². The van der Waals surface area contributed by atoms with Crippen molar-refractivity contribution in [3.8, 4) is 28.7 Å². The van der Waals surface area contributed by atoms with Gasteiger partial charge in [0.2, 0.25) is 11.7 Å². The van der Waals surface area contributed by atoms with E-state index in [1.165, 1.54) is 13.2 Å². The molecule has 0 aromatic heterocycles. The van der Waals surface area contributed by atoms with Crippen LogP contribution in [0.25, 0.3) is 0 Å². The van der Waals surface area contributed by atoms with E-state index in [9.17, 15) is 18.4 Å². The zero-order valence-corrected chi connectivity index (χ0v) is 21.8. The molecule has 3 aliphatic heterocycles. The number of hydrogen-bond acceptors (Lipinski definition) is 8. The minimum Gasteiger partial charge on any atom is -0.497 e. The normalized spacial score (nSPS) is 23.2. The number of fused-ring (bicyclic) bond motifs is 4. The molecule has 208 valence electrons. The average Bonchev–Trinajstić information content (AvgIpc) is 3.47. The molecular formula is C29H25F2NO8. The van der Waals surface area contributed by atoms with Crippen LogP contribution in [0, 0.1) is 0 Å². The van der Waals surface area contributed by atoms with Gasteiger partial charge >= 0.3 is 12.3 Å². The zero-order chi connectivity index (χ0) is 28.2. The third-order valence-electron chi connectivity index (χ3n) is 7.45. The first-order valence-electron chi connectivity index (χ1n) is 12.5. The van der Waals surface area contributed by atoms with Gasteiger partial charge < -0.3 is 33.7 Å². The predicted molar refractivity (Wildman–Crippen MR) is 135 cm³/mol. The Hall–Kier alpha value is -4.54. The number of hydrogen-bond donors (Lipinski definition) is 1. The first-order chi connectivity index (χ1) is 19.1. The van der Waals surface area contributed by atoms with Gasteiger partial charge in [-0.15, -0.1) is 8.78 Å². The summed E-state index contributed by atoms with van der Waals surface area (Å²) in [5.41, 5.74) is 1.19. The maximum atomic E-state index is 13.8. The Kier molecular flexibility index (Phi) is 5.97. The number of rotatable bonds is 5. The highest BCUT2D eigenvalue weighted by molar-refractivity contribution is 5.91. The second-order valence-corrected chi connectivity index (χ2v) is 9.94. The number of alkyl halides is 2. The first kappa shape index (κ1) is 25.7. The Balaban J connectivity index is 1.30. The quantitative estimate of drug-likeness (QED) is 0.449. The fraction of sp³-hybridized carbons (Fsp3) is 0.310. The van der Waals surface area contributed by atoms with Gasteiger partial charge in [-0.2, -0.15) is 0 Å². The van der Waals surface area contributed by atoms with E-state index in [1.54, 1.807) is 56.5 Å². The summed E-state index contributed by atoms with van der Waals surface area (Å²) in [6.07, 6.45) is -3.87. The van der Waals surface area contributed by atoms with Crippen molar-refractivity contribution in [3.05, 3.63) is 76.9 Å². The van der Waals surface area contributed by atoms with Gasteiger partial charge in [0.25, 0.3) is 0 Å². The van der Waals surface area contributed by atoms with Gasteiger partial charge in [0.05, 0.1) is 25.8 Å². The Morgan fingerprint density at radius 1 is 0.975 bits per heavy atom. The summed E-state index contributed by atoms with van der Waals surface area (Å²) in [5, 5.41) is 3.12. The maximum absolute atomic E-state index is 13.8. The van der Waals surface area contributed by atoms with Crippen LogP contribution in [0.5, 0.6) is 28.7 Å². The van der Waals surface area contributed by atoms with Gasteiger partial charge in [0.15, 0.2) is 11.5 Å². The molecule has 0 saturated carbocycles. The van der Waals surface area contributed by atoms with E-state index >= 15 is 0 Å². The van der Waals surface area contributed by atoms with Gasteiger partial charge in [-0.1, -0.05) is 18.2 Å². The summed E-state index contributed by atoms with van der Waals surface area (Å²) in [6, 6.07) is 14.7. The lowest BCUT2D eigenvalue weighted by atomic mass is 9.82. The number of benzene rings is 3. The molecule has 40 heavy (non-hydrogen) atoms. The second-order valence-electron chi connectivity index (χ2n) is 9.94. The van der Waals surface area contributed by atoms with E-state index in [0.29, 0.717) is 29.0 Å². The Bertz CT molecular complexity index is 1510. The highest BCUT2D eigenvalue weighted by atomic mass is 19.3. The van der Waals surface area contributed by atoms with E-state index in [4.69, 9.17) is 18.9 Å². The minimum absolute atomic E-state index is 0.0630. The largest absolute Gasteiger partial charge is 0.586 e. The molecule has 0 radical (unpaired) electrons. The molecule has 1 unspecified atom stereocenters. The lowest BCUT2D eigenvalue weighted by Crippen LogP contribution is -2.46. The molecule has 3 heterocycles. The minimum atomic E-state index is -3.81. The second kappa shape index (κ2) is 9.29. The number of carbonyl (C=O) groups is 2. The van der Waals surface area contributed by atoms with Crippen molar-refractivity contribution >= 4 is 11.9 Å². The zero-order valence-electron chi connectivity index (χ0n) is 21.8. The van der Waals surface area contributed by atoms with Crippen LogP contribution in [-0.4, -0.2) is 39.0 Å². The topological polar surface area (TPSA) is 102 Å². The van der Waals surface area contributed by atoms with Crippen LogP contribution in [-0.2, 0) is 14.9 Å². The van der Waals surface area contributed by atoms with Gasteiger partial charge in [-0.05, 0) is 42.8 Å². The lowest BCUT2D eigenvalue weighted by Gasteiger charge is -2.35. The maximum Gasteiger partial charge on any atom is 0.586 e. The molecule has 3 aromatic carbocycles. The molecule has 0 aliphatic carbocycles. The van der Waals surface area contributed by atoms with Crippen molar-refractivity contribution in [3.63, 3.8) is 0 Å². The molecule has 0 spiro atoms. The molecule has 0 bridgehead atoms. The van der Waals surface area contributed by atoms with Gasteiger partial charge in [0, 0.05) is 23.6 Å². The molecular weight excluding hydrogens is 528 g/mol. The van der Waals surface area contributed by atoms with Crippen molar-refractivity contribution in [2.45, 2.75) is 37.2 Å². The Labute approximate surface area is 227 Å². The van der Waals surface area contributed by atoms with Crippen molar-refractivity contribution in [1.82, 2.24) is 5.32 Å². The van der Waals surface area contributed by atoms with Gasteiger partial charge in [-0.25, -0.2) is 4.79 Å². The van der Waals surface area contributed by atoms with Crippen LogP contribution in [0.15, 0.2) is 54.6 Å².